The van der Waals surface area contributed by atoms with Crippen LogP contribution in [0.1, 0.15) is 17.0 Å². The first-order valence-corrected chi connectivity index (χ1v) is 8.24. The largest absolute Gasteiger partial charge is 0.481 e. The Balaban J connectivity index is 1.81. The van der Waals surface area contributed by atoms with Crippen LogP contribution in [0.25, 0.3) is 0 Å². The lowest BCUT2D eigenvalue weighted by Crippen LogP contribution is -2.23. The monoisotopic (exact) mass is 349 g/mol. The number of halogens is 2. The molecule has 1 saturated heterocycles. The highest BCUT2D eigenvalue weighted by molar-refractivity contribution is 6.42. The number of carboxylic acid groups (broad SMARTS) is 1. The number of likely N-dealkylation sites (tertiary alicyclic amines) is 1. The van der Waals surface area contributed by atoms with Gasteiger partial charge in [-0.25, -0.2) is 0 Å². The molecule has 23 heavy (non-hydrogen) atoms. The predicted molar refractivity (Wildman–Crippen MR) is 92.0 cm³/mol. The van der Waals surface area contributed by atoms with Gasteiger partial charge in [0.25, 0.3) is 0 Å². The zero-order valence-electron chi connectivity index (χ0n) is 12.5. The van der Waals surface area contributed by atoms with Crippen molar-refractivity contribution in [1.82, 2.24) is 4.90 Å². The second kappa shape index (κ2) is 6.91. The Morgan fingerprint density at radius 1 is 1.09 bits per heavy atom. The second-order valence-electron chi connectivity index (χ2n) is 5.90. The van der Waals surface area contributed by atoms with E-state index in [9.17, 15) is 9.90 Å². The first kappa shape index (κ1) is 16.3. The Kier molecular flexibility index (Phi) is 4.90. The predicted octanol–water partition coefficient (Wildman–Crippen LogP) is 4.29. The van der Waals surface area contributed by atoms with Crippen LogP contribution in [0.5, 0.6) is 0 Å². The average molecular weight is 350 g/mol. The molecule has 0 unspecified atom stereocenters. The van der Waals surface area contributed by atoms with E-state index in [0.717, 1.165) is 12.1 Å². The minimum atomic E-state index is -0.767. The Morgan fingerprint density at radius 2 is 1.83 bits per heavy atom. The zero-order valence-corrected chi connectivity index (χ0v) is 14.0. The molecule has 2 aromatic carbocycles. The number of aliphatic carboxylic acids is 1. The third kappa shape index (κ3) is 3.69. The fourth-order valence-electron chi connectivity index (χ4n) is 3.19. The van der Waals surface area contributed by atoms with Gasteiger partial charge in [0.2, 0.25) is 0 Å². The Hall–Kier alpha value is -1.55. The first-order chi connectivity index (χ1) is 11.0. The van der Waals surface area contributed by atoms with E-state index in [0.29, 0.717) is 23.1 Å². The molecule has 120 valence electrons. The lowest BCUT2D eigenvalue weighted by molar-refractivity contribution is -0.141. The highest BCUT2D eigenvalue weighted by Crippen LogP contribution is 2.36. The summed E-state index contributed by atoms with van der Waals surface area (Å²) >= 11 is 12.1. The van der Waals surface area contributed by atoms with E-state index in [1.807, 2.05) is 24.3 Å². The summed E-state index contributed by atoms with van der Waals surface area (Å²) in [7, 11) is 0. The van der Waals surface area contributed by atoms with E-state index in [2.05, 4.69) is 17.0 Å². The van der Waals surface area contributed by atoms with E-state index in [-0.39, 0.29) is 5.92 Å². The van der Waals surface area contributed by atoms with E-state index in [1.165, 1.54) is 5.56 Å². The van der Waals surface area contributed by atoms with Crippen LogP contribution in [-0.2, 0) is 11.3 Å². The fourth-order valence-corrected chi connectivity index (χ4v) is 3.49. The van der Waals surface area contributed by atoms with Gasteiger partial charge >= 0.3 is 5.97 Å². The summed E-state index contributed by atoms with van der Waals surface area (Å²) in [6, 6.07) is 15.5. The molecule has 1 fully saturated rings. The average Bonchev–Trinajstić information content (AvgIpc) is 2.95. The number of benzene rings is 2. The standard InChI is InChI=1S/C18H17Cl2NO2/c19-16-7-6-13(8-17(16)20)14-10-21(11-15(14)18(22)23)9-12-4-2-1-3-5-12/h1-8,14-15H,9-11H2,(H,22,23)/t14-,15-/m1/s1. The minimum Gasteiger partial charge on any atom is -0.481 e. The molecule has 1 aliphatic heterocycles. The van der Waals surface area contributed by atoms with Crippen LogP contribution in [0.3, 0.4) is 0 Å². The maximum atomic E-state index is 11.6. The van der Waals surface area contributed by atoms with Crippen molar-refractivity contribution in [3.63, 3.8) is 0 Å². The Bertz CT molecular complexity index is 705. The highest BCUT2D eigenvalue weighted by Gasteiger charge is 2.38. The van der Waals surface area contributed by atoms with Crippen LogP contribution in [0, 0.1) is 5.92 Å². The van der Waals surface area contributed by atoms with Crippen LogP contribution >= 0.6 is 23.2 Å². The zero-order chi connectivity index (χ0) is 16.4. The summed E-state index contributed by atoms with van der Waals surface area (Å²) < 4.78 is 0. The van der Waals surface area contributed by atoms with Gasteiger partial charge < -0.3 is 5.11 Å². The summed E-state index contributed by atoms with van der Waals surface area (Å²) in [5.74, 6) is -1.28. The Morgan fingerprint density at radius 3 is 2.48 bits per heavy atom. The lowest BCUT2D eigenvalue weighted by atomic mass is 9.89. The number of nitrogens with zero attached hydrogens (tertiary/aromatic N) is 1. The van der Waals surface area contributed by atoms with E-state index in [1.54, 1.807) is 12.1 Å². The SMILES string of the molecule is O=C(O)[C@@H]1CN(Cc2ccccc2)C[C@@H]1c1ccc(Cl)c(Cl)c1. The van der Waals surface area contributed by atoms with Gasteiger partial charge in [-0.2, -0.15) is 0 Å². The van der Waals surface area contributed by atoms with Gasteiger partial charge in [-0.3, -0.25) is 9.69 Å². The van der Waals surface area contributed by atoms with Crippen LogP contribution in [0.2, 0.25) is 10.0 Å². The summed E-state index contributed by atoms with van der Waals surface area (Å²) in [6.07, 6.45) is 0. The summed E-state index contributed by atoms with van der Waals surface area (Å²) in [6.45, 7) is 1.99. The molecule has 0 amide bonds. The number of rotatable bonds is 4. The van der Waals surface area contributed by atoms with E-state index in [4.69, 9.17) is 23.2 Å². The summed E-state index contributed by atoms with van der Waals surface area (Å²) in [5.41, 5.74) is 2.12. The molecule has 1 heterocycles. The van der Waals surface area contributed by atoms with Gasteiger partial charge in [0.05, 0.1) is 16.0 Å². The maximum Gasteiger partial charge on any atom is 0.308 e. The highest BCUT2D eigenvalue weighted by atomic mass is 35.5. The molecule has 0 spiro atoms. The van der Waals surface area contributed by atoms with Crippen LogP contribution in [-0.4, -0.2) is 29.1 Å². The van der Waals surface area contributed by atoms with Gasteiger partial charge in [-0.05, 0) is 23.3 Å². The fraction of sp³-hybridized carbons (Fsp3) is 0.278. The van der Waals surface area contributed by atoms with Crippen molar-refractivity contribution >= 4 is 29.2 Å². The molecule has 3 rings (SSSR count). The van der Waals surface area contributed by atoms with Gasteiger partial charge in [0, 0.05) is 25.6 Å². The molecule has 0 aromatic heterocycles. The summed E-state index contributed by atoms with van der Waals surface area (Å²) in [4.78, 5) is 13.8. The molecule has 0 radical (unpaired) electrons. The molecule has 1 N–H and O–H groups in total. The van der Waals surface area contributed by atoms with Crippen molar-refractivity contribution < 1.29 is 9.90 Å². The molecule has 2 atom stereocenters. The molecular weight excluding hydrogens is 333 g/mol. The maximum absolute atomic E-state index is 11.6. The van der Waals surface area contributed by atoms with Gasteiger partial charge in [0.15, 0.2) is 0 Å². The quantitative estimate of drug-likeness (QED) is 0.894. The van der Waals surface area contributed by atoms with Gasteiger partial charge in [-0.15, -0.1) is 0 Å². The molecule has 0 saturated carbocycles. The molecule has 1 aliphatic rings. The summed E-state index contributed by atoms with van der Waals surface area (Å²) in [5, 5.41) is 10.5. The molecule has 3 nitrogen and oxygen atoms in total. The minimum absolute atomic E-state index is 0.0778. The first-order valence-electron chi connectivity index (χ1n) is 7.48. The van der Waals surface area contributed by atoms with E-state index >= 15 is 0 Å². The molecular formula is C18H17Cl2NO2. The van der Waals surface area contributed by atoms with Gasteiger partial charge in [0.1, 0.15) is 0 Å². The van der Waals surface area contributed by atoms with Crippen molar-refractivity contribution in [1.29, 1.82) is 0 Å². The van der Waals surface area contributed by atoms with Crippen LogP contribution in [0.4, 0.5) is 0 Å². The number of hydrogen-bond donors (Lipinski definition) is 1. The molecule has 5 heteroatoms. The van der Waals surface area contributed by atoms with Crippen LogP contribution < -0.4 is 0 Å². The van der Waals surface area contributed by atoms with Crippen LogP contribution in [0.15, 0.2) is 48.5 Å². The number of carbonyl (C=O) groups is 1. The van der Waals surface area contributed by atoms with Crippen molar-refractivity contribution in [2.75, 3.05) is 13.1 Å². The van der Waals surface area contributed by atoms with E-state index < -0.39 is 11.9 Å². The normalized spacial score (nSPS) is 21.5. The molecule has 0 aliphatic carbocycles. The Labute approximate surface area is 145 Å². The van der Waals surface area contributed by atoms with Crippen molar-refractivity contribution in [2.24, 2.45) is 5.92 Å². The smallest absolute Gasteiger partial charge is 0.308 e. The molecule has 2 aromatic rings. The van der Waals surface area contributed by atoms with Gasteiger partial charge in [-0.1, -0.05) is 59.6 Å². The lowest BCUT2D eigenvalue weighted by Gasteiger charge is -2.16. The second-order valence-corrected chi connectivity index (χ2v) is 6.72. The number of hydrogen-bond acceptors (Lipinski definition) is 2. The molecule has 0 bridgehead atoms. The third-order valence-electron chi connectivity index (χ3n) is 4.33. The third-order valence-corrected chi connectivity index (χ3v) is 5.07. The van der Waals surface area contributed by atoms with Crippen molar-refractivity contribution in [2.45, 2.75) is 12.5 Å². The van der Waals surface area contributed by atoms with Crippen molar-refractivity contribution in [3.8, 4) is 0 Å². The topological polar surface area (TPSA) is 40.5 Å². The van der Waals surface area contributed by atoms with Crippen molar-refractivity contribution in [3.05, 3.63) is 69.7 Å². The number of carboxylic acids is 1.